The number of carbonyl (C=O) groups is 2. The van der Waals surface area contributed by atoms with Crippen LogP contribution in [0.2, 0.25) is 0 Å². The van der Waals surface area contributed by atoms with Crippen LogP contribution in [0.1, 0.15) is 26.3 Å². The topological polar surface area (TPSA) is 43.4 Å². The summed E-state index contributed by atoms with van der Waals surface area (Å²) in [6.07, 6.45) is 0. The number of hydrogen-bond acceptors (Lipinski definition) is 3. The van der Waals surface area contributed by atoms with E-state index < -0.39 is 32.3 Å². The summed E-state index contributed by atoms with van der Waals surface area (Å²) in [6, 6.07) is 1.70. The van der Waals surface area contributed by atoms with Crippen molar-refractivity contribution in [2.24, 2.45) is 0 Å². The summed E-state index contributed by atoms with van der Waals surface area (Å²) in [5.41, 5.74) is -2.00. The van der Waals surface area contributed by atoms with Gasteiger partial charge in [0.15, 0.2) is 5.78 Å². The van der Waals surface area contributed by atoms with Gasteiger partial charge in [-0.05, 0) is 38.5 Å². The molecule has 0 N–H and O–H groups in total. The van der Waals surface area contributed by atoms with Crippen molar-refractivity contribution >= 4 is 22.0 Å². The predicted molar refractivity (Wildman–Crippen MR) is 72.5 cm³/mol. The molecule has 0 aliphatic heterocycles. The SMILES string of the molecule is CCOC(=O)C(C)(C(C)=O)c1ccc(S(F)(F)(F)(F)F)cc1. The van der Waals surface area contributed by atoms with Crippen LogP contribution in [-0.2, 0) is 19.7 Å². The van der Waals surface area contributed by atoms with Gasteiger partial charge in [0, 0.05) is 0 Å². The van der Waals surface area contributed by atoms with Gasteiger partial charge in [-0.25, -0.2) is 0 Å². The van der Waals surface area contributed by atoms with Crippen LogP contribution in [-0.4, -0.2) is 18.4 Å². The lowest BCUT2D eigenvalue weighted by Crippen LogP contribution is -2.41. The summed E-state index contributed by atoms with van der Waals surface area (Å²) >= 11 is 0. The molecule has 1 aromatic carbocycles. The molecular weight excluding hydrogens is 331 g/mol. The van der Waals surface area contributed by atoms with E-state index in [4.69, 9.17) is 4.74 Å². The lowest BCUT2D eigenvalue weighted by atomic mass is 9.79. The average Bonchev–Trinajstić information content (AvgIpc) is 2.35. The number of hydrogen-bond donors (Lipinski definition) is 0. The first-order valence-corrected chi connectivity index (χ1v) is 8.11. The molecule has 1 unspecified atom stereocenters. The van der Waals surface area contributed by atoms with E-state index in [1.54, 1.807) is 0 Å². The Morgan fingerprint density at radius 2 is 1.55 bits per heavy atom. The molecule has 0 amide bonds. The van der Waals surface area contributed by atoms with Gasteiger partial charge in [0.2, 0.25) is 0 Å². The number of benzene rings is 1. The van der Waals surface area contributed by atoms with Crippen molar-refractivity contribution in [3.63, 3.8) is 0 Å². The van der Waals surface area contributed by atoms with Gasteiger partial charge in [-0.15, -0.1) is 0 Å². The second-order valence-electron chi connectivity index (χ2n) is 4.90. The number of Topliss-reactive ketones (excluding diaryl/α,β-unsaturated/α-hetero) is 1. The van der Waals surface area contributed by atoms with Gasteiger partial charge in [0.05, 0.1) is 6.61 Å². The Hall–Kier alpha value is -1.64. The van der Waals surface area contributed by atoms with Crippen molar-refractivity contribution < 1.29 is 33.8 Å². The van der Waals surface area contributed by atoms with Crippen LogP contribution in [0.5, 0.6) is 0 Å². The molecule has 126 valence electrons. The fourth-order valence-electron chi connectivity index (χ4n) is 1.79. The minimum Gasteiger partial charge on any atom is -0.465 e. The lowest BCUT2D eigenvalue weighted by Gasteiger charge is -2.40. The zero-order chi connectivity index (χ0) is 17.5. The number of ether oxygens (including phenoxy) is 1. The third kappa shape index (κ3) is 3.57. The number of halogens is 5. The van der Waals surface area contributed by atoms with Crippen molar-refractivity contribution in [1.82, 2.24) is 0 Å². The zero-order valence-electron chi connectivity index (χ0n) is 12.0. The lowest BCUT2D eigenvalue weighted by molar-refractivity contribution is -0.152. The fourth-order valence-corrected chi connectivity index (χ4v) is 2.44. The summed E-state index contributed by atoms with van der Waals surface area (Å²) in [5.74, 6) is -1.63. The summed E-state index contributed by atoms with van der Waals surface area (Å²) in [4.78, 5) is 21.6. The van der Waals surface area contributed by atoms with E-state index in [2.05, 4.69) is 0 Å². The maximum atomic E-state index is 12.7. The third-order valence-corrected chi connectivity index (χ3v) is 4.43. The molecule has 0 bridgehead atoms. The highest BCUT2D eigenvalue weighted by molar-refractivity contribution is 8.45. The van der Waals surface area contributed by atoms with Crippen LogP contribution >= 0.6 is 10.2 Å². The molecule has 0 aromatic heterocycles. The van der Waals surface area contributed by atoms with Gasteiger partial charge >= 0.3 is 16.2 Å². The van der Waals surface area contributed by atoms with Crippen molar-refractivity contribution in [3.8, 4) is 0 Å². The van der Waals surface area contributed by atoms with Crippen LogP contribution in [0.4, 0.5) is 19.4 Å². The molecule has 9 heteroatoms. The summed E-state index contributed by atoms with van der Waals surface area (Å²) in [6.45, 7) is 3.69. The van der Waals surface area contributed by atoms with E-state index >= 15 is 0 Å². The smallest absolute Gasteiger partial charge is 0.323 e. The van der Waals surface area contributed by atoms with Crippen LogP contribution in [0, 0.1) is 0 Å². The highest BCUT2D eigenvalue weighted by atomic mass is 32.5. The standard InChI is InChI=1S/C13H15F5O3S/c1-4-21-12(20)13(3,9(2)19)10-5-7-11(8-6-10)22(14,15,16,17)18/h5-8H,4H2,1-3H3. The monoisotopic (exact) mass is 346 g/mol. The molecule has 1 atom stereocenters. The van der Waals surface area contributed by atoms with E-state index in [0.717, 1.165) is 6.92 Å². The minimum absolute atomic E-state index is 0.0365. The number of carbonyl (C=O) groups excluding carboxylic acids is 2. The van der Waals surface area contributed by atoms with Gasteiger partial charge in [-0.3, -0.25) is 9.59 Å². The molecular formula is C13H15F5O3S. The summed E-state index contributed by atoms with van der Waals surface area (Å²) in [7, 11) is -9.79. The molecule has 0 fully saturated rings. The van der Waals surface area contributed by atoms with E-state index in [1.807, 2.05) is 0 Å². The minimum atomic E-state index is -9.79. The molecule has 0 heterocycles. The summed E-state index contributed by atoms with van der Waals surface area (Å²) in [5, 5.41) is 0. The average molecular weight is 346 g/mol. The summed E-state index contributed by atoms with van der Waals surface area (Å²) < 4.78 is 68.0. The largest absolute Gasteiger partial charge is 0.465 e. The van der Waals surface area contributed by atoms with E-state index in [0.29, 0.717) is 12.1 Å². The maximum absolute atomic E-state index is 12.7. The Balaban J connectivity index is 3.39. The highest BCUT2D eigenvalue weighted by Crippen LogP contribution is 3.02. The third-order valence-electron chi connectivity index (χ3n) is 3.26. The van der Waals surface area contributed by atoms with Crippen molar-refractivity contribution in [2.75, 3.05) is 6.61 Å². The molecule has 22 heavy (non-hydrogen) atoms. The molecule has 0 spiro atoms. The maximum Gasteiger partial charge on any atom is 0.323 e. The number of rotatable bonds is 5. The van der Waals surface area contributed by atoms with Crippen LogP contribution in [0.15, 0.2) is 29.2 Å². The van der Waals surface area contributed by atoms with Crippen molar-refractivity contribution in [3.05, 3.63) is 29.8 Å². The fraction of sp³-hybridized carbons (Fsp3) is 0.385. The van der Waals surface area contributed by atoms with Gasteiger partial charge < -0.3 is 4.74 Å². The van der Waals surface area contributed by atoms with E-state index in [-0.39, 0.29) is 24.3 Å². The van der Waals surface area contributed by atoms with E-state index in [1.165, 1.54) is 13.8 Å². The normalized spacial score (nSPS) is 17.8. The Labute approximate surface area is 124 Å². The van der Waals surface area contributed by atoms with E-state index in [9.17, 15) is 29.0 Å². The first kappa shape index (κ1) is 18.4. The van der Waals surface area contributed by atoms with Gasteiger partial charge in [-0.1, -0.05) is 31.6 Å². The zero-order valence-corrected chi connectivity index (χ0v) is 12.9. The highest BCUT2D eigenvalue weighted by Gasteiger charge is 2.65. The number of ketones is 1. The van der Waals surface area contributed by atoms with Crippen LogP contribution < -0.4 is 0 Å². The van der Waals surface area contributed by atoms with Crippen LogP contribution in [0.3, 0.4) is 0 Å². The molecule has 3 nitrogen and oxygen atoms in total. The quantitative estimate of drug-likeness (QED) is 0.439. The molecule has 0 saturated heterocycles. The molecule has 1 aromatic rings. The van der Waals surface area contributed by atoms with Crippen molar-refractivity contribution in [1.29, 1.82) is 0 Å². The molecule has 1 rings (SSSR count). The Morgan fingerprint density at radius 3 is 1.86 bits per heavy atom. The molecule has 0 radical (unpaired) electrons. The first-order valence-electron chi connectivity index (χ1n) is 6.16. The van der Waals surface area contributed by atoms with Gasteiger partial charge in [0.1, 0.15) is 10.3 Å². The second-order valence-corrected chi connectivity index (χ2v) is 7.30. The van der Waals surface area contributed by atoms with Crippen molar-refractivity contribution in [2.45, 2.75) is 31.1 Å². The molecule has 0 saturated carbocycles. The Kier molecular flexibility index (Phi) is 3.91. The van der Waals surface area contributed by atoms with Crippen LogP contribution in [0.25, 0.3) is 0 Å². The number of esters is 1. The van der Waals surface area contributed by atoms with Gasteiger partial charge in [-0.2, -0.15) is 0 Å². The molecule has 0 aliphatic rings. The Morgan fingerprint density at radius 1 is 1.09 bits per heavy atom. The second kappa shape index (κ2) is 4.68. The predicted octanol–water partition coefficient (Wildman–Crippen LogP) is 4.75. The molecule has 0 aliphatic carbocycles. The Bertz CT molecular complexity index is 609. The first-order chi connectivity index (χ1) is 9.62. The van der Waals surface area contributed by atoms with Gasteiger partial charge in [0.25, 0.3) is 0 Å².